The molecule has 30 heavy (non-hydrogen) atoms. The maximum Gasteiger partial charge on any atom is 0.344 e. The van der Waals surface area contributed by atoms with E-state index < -0.39 is 11.9 Å². The molecule has 2 aromatic rings. The number of benzene rings is 2. The van der Waals surface area contributed by atoms with Gasteiger partial charge in [0.1, 0.15) is 11.5 Å². The minimum absolute atomic E-state index is 0.150. The van der Waals surface area contributed by atoms with E-state index in [1.165, 1.54) is 0 Å². The summed E-state index contributed by atoms with van der Waals surface area (Å²) < 4.78 is 20.7. The van der Waals surface area contributed by atoms with Crippen molar-refractivity contribution in [3.8, 4) is 11.5 Å². The van der Waals surface area contributed by atoms with Crippen LogP contribution in [0.4, 0.5) is 0 Å². The summed E-state index contributed by atoms with van der Waals surface area (Å²) in [5, 5.41) is 1.16. The van der Waals surface area contributed by atoms with Crippen molar-refractivity contribution in [3.05, 3.63) is 58.6 Å². The highest BCUT2D eigenvalue weighted by Gasteiger charge is 2.10. The second kappa shape index (κ2) is 13.0. The molecule has 0 radical (unpaired) electrons. The SMILES string of the molecule is NC(CCOC(=O)COc1ccc(Cl)cc1)CCOC(=O)COc1ccc(Cl)cc1. The molecule has 0 spiro atoms. The number of halogens is 2. The quantitative estimate of drug-likeness (QED) is 0.487. The average Bonchev–Trinajstić information content (AvgIpc) is 2.73. The fourth-order valence-corrected chi connectivity index (χ4v) is 2.47. The monoisotopic (exact) mass is 455 g/mol. The molecular formula is C21H23Cl2NO6. The molecule has 0 unspecified atom stereocenters. The first kappa shape index (κ1) is 23.8. The third kappa shape index (κ3) is 9.82. The van der Waals surface area contributed by atoms with Gasteiger partial charge in [-0.2, -0.15) is 0 Å². The van der Waals surface area contributed by atoms with Crippen molar-refractivity contribution in [1.82, 2.24) is 0 Å². The number of carbonyl (C=O) groups excluding carboxylic acids is 2. The van der Waals surface area contributed by atoms with Crippen molar-refractivity contribution in [3.63, 3.8) is 0 Å². The molecule has 0 aliphatic carbocycles. The van der Waals surface area contributed by atoms with E-state index in [1.54, 1.807) is 48.5 Å². The zero-order valence-corrected chi connectivity index (χ0v) is 17.7. The fourth-order valence-electron chi connectivity index (χ4n) is 2.22. The second-order valence-corrected chi connectivity index (χ2v) is 7.14. The van der Waals surface area contributed by atoms with Crippen LogP contribution in [0.1, 0.15) is 12.8 Å². The van der Waals surface area contributed by atoms with Gasteiger partial charge < -0.3 is 24.7 Å². The van der Waals surface area contributed by atoms with Gasteiger partial charge in [0, 0.05) is 16.1 Å². The van der Waals surface area contributed by atoms with E-state index in [1.807, 2.05) is 0 Å². The number of esters is 2. The molecule has 2 N–H and O–H groups in total. The lowest BCUT2D eigenvalue weighted by atomic mass is 10.2. The van der Waals surface area contributed by atoms with Gasteiger partial charge in [-0.3, -0.25) is 0 Å². The summed E-state index contributed by atoms with van der Waals surface area (Å²) in [7, 11) is 0. The highest BCUT2D eigenvalue weighted by molar-refractivity contribution is 6.30. The summed E-state index contributed by atoms with van der Waals surface area (Å²) in [6, 6.07) is 13.0. The van der Waals surface area contributed by atoms with Gasteiger partial charge in [-0.15, -0.1) is 0 Å². The van der Waals surface area contributed by atoms with Crippen LogP contribution in [0.5, 0.6) is 11.5 Å². The van der Waals surface area contributed by atoms with Crippen LogP contribution in [0.25, 0.3) is 0 Å². The minimum atomic E-state index is -0.497. The molecule has 0 amide bonds. The predicted octanol–water partition coefficient (Wildman–Crippen LogP) is 3.65. The topological polar surface area (TPSA) is 97.1 Å². The van der Waals surface area contributed by atoms with E-state index >= 15 is 0 Å². The molecule has 0 saturated heterocycles. The van der Waals surface area contributed by atoms with Crippen molar-refractivity contribution < 1.29 is 28.5 Å². The molecule has 0 aliphatic heterocycles. The van der Waals surface area contributed by atoms with Crippen molar-refractivity contribution in [2.24, 2.45) is 5.73 Å². The third-order valence-electron chi connectivity index (χ3n) is 3.84. The highest BCUT2D eigenvalue weighted by atomic mass is 35.5. The molecule has 0 fully saturated rings. The van der Waals surface area contributed by atoms with E-state index in [4.69, 9.17) is 47.9 Å². The summed E-state index contributed by atoms with van der Waals surface area (Å²) in [5.74, 6) is 0.0515. The van der Waals surface area contributed by atoms with E-state index in [2.05, 4.69) is 0 Å². The van der Waals surface area contributed by atoms with E-state index in [-0.39, 0.29) is 32.5 Å². The molecule has 0 heterocycles. The number of hydrogen-bond donors (Lipinski definition) is 1. The fraction of sp³-hybridized carbons (Fsp3) is 0.333. The molecule has 0 aliphatic rings. The molecule has 9 heteroatoms. The number of hydrogen-bond acceptors (Lipinski definition) is 7. The van der Waals surface area contributed by atoms with Gasteiger partial charge in [-0.25, -0.2) is 9.59 Å². The smallest absolute Gasteiger partial charge is 0.344 e. The van der Waals surface area contributed by atoms with Gasteiger partial charge in [-0.1, -0.05) is 23.2 Å². The van der Waals surface area contributed by atoms with Crippen LogP contribution < -0.4 is 15.2 Å². The molecular weight excluding hydrogens is 433 g/mol. The van der Waals surface area contributed by atoms with Gasteiger partial charge in [0.15, 0.2) is 13.2 Å². The van der Waals surface area contributed by atoms with Crippen LogP contribution in [0.2, 0.25) is 10.0 Å². The van der Waals surface area contributed by atoms with Crippen LogP contribution in [0, 0.1) is 0 Å². The van der Waals surface area contributed by atoms with E-state index in [0.29, 0.717) is 34.4 Å². The van der Waals surface area contributed by atoms with Gasteiger partial charge in [0.2, 0.25) is 0 Å². The minimum Gasteiger partial charge on any atom is -0.482 e. The normalized spacial score (nSPS) is 10.5. The molecule has 162 valence electrons. The number of nitrogens with two attached hydrogens (primary N) is 1. The predicted molar refractivity (Wildman–Crippen MR) is 113 cm³/mol. The zero-order valence-electron chi connectivity index (χ0n) is 16.2. The summed E-state index contributed by atoms with van der Waals surface area (Å²) >= 11 is 11.5. The Morgan fingerprint density at radius 2 is 1.10 bits per heavy atom. The lowest BCUT2D eigenvalue weighted by Gasteiger charge is -2.13. The summed E-state index contributed by atoms with van der Waals surface area (Å²) in [6.45, 7) is -0.112. The van der Waals surface area contributed by atoms with Crippen LogP contribution in [0.3, 0.4) is 0 Å². The summed E-state index contributed by atoms with van der Waals surface area (Å²) in [6.07, 6.45) is 0.872. The molecule has 2 rings (SSSR count). The van der Waals surface area contributed by atoms with Crippen molar-refractivity contribution in [2.75, 3.05) is 26.4 Å². The van der Waals surface area contributed by atoms with Gasteiger partial charge in [0.25, 0.3) is 0 Å². The van der Waals surface area contributed by atoms with Crippen molar-refractivity contribution in [1.29, 1.82) is 0 Å². The number of carbonyl (C=O) groups is 2. The number of ether oxygens (including phenoxy) is 4. The first-order valence-electron chi connectivity index (χ1n) is 9.26. The maximum atomic E-state index is 11.7. The Morgan fingerprint density at radius 1 is 0.733 bits per heavy atom. The molecule has 0 aromatic heterocycles. The lowest BCUT2D eigenvalue weighted by Crippen LogP contribution is -2.26. The average molecular weight is 456 g/mol. The van der Waals surface area contributed by atoms with Crippen LogP contribution in [-0.4, -0.2) is 44.4 Å². The summed E-state index contributed by atoms with van der Waals surface area (Å²) in [4.78, 5) is 23.3. The van der Waals surface area contributed by atoms with Crippen molar-refractivity contribution >= 4 is 35.1 Å². The Bertz CT molecular complexity index is 731. The Hall–Kier alpha value is -2.48. The zero-order chi connectivity index (χ0) is 21.8. The third-order valence-corrected chi connectivity index (χ3v) is 4.35. The molecule has 7 nitrogen and oxygen atoms in total. The first-order chi connectivity index (χ1) is 14.4. The Morgan fingerprint density at radius 3 is 1.47 bits per heavy atom. The van der Waals surface area contributed by atoms with Crippen LogP contribution >= 0.6 is 23.2 Å². The van der Waals surface area contributed by atoms with Crippen LogP contribution in [-0.2, 0) is 19.1 Å². The Labute approximate surface area is 184 Å². The maximum absolute atomic E-state index is 11.7. The van der Waals surface area contributed by atoms with Gasteiger partial charge in [0.05, 0.1) is 13.2 Å². The summed E-state index contributed by atoms with van der Waals surface area (Å²) in [5.41, 5.74) is 5.93. The highest BCUT2D eigenvalue weighted by Crippen LogP contribution is 2.16. The number of rotatable bonds is 12. The Kier molecular flexibility index (Phi) is 10.3. The van der Waals surface area contributed by atoms with E-state index in [0.717, 1.165) is 0 Å². The van der Waals surface area contributed by atoms with Crippen molar-refractivity contribution in [2.45, 2.75) is 18.9 Å². The molecule has 0 bridgehead atoms. The first-order valence-corrected chi connectivity index (χ1v) is 10.0. The van der Waals surface area contributed by atoms with Gasteiger partial charge in [-0.05, 0) is 61.4 Å². The Balaban J connectivity index is 1.50. The molecule has 2 aromatic carbocycles. The van der Waals surface area contributed by atoms with E-state index in [9.17, 15) is 9.59 Å². The largest absolute Gasteiger partial charge is 0.482 e. The van der Waals surface area contributed by atoms with Crippen LogP contribution in [0.15, 0.2) is 48.5 Å². The second-order valence-electron chi connectivity index (χ2n) is 6.26. The molecule has 0 saturated carbocycles. The standard InChI is InChI=1S/C21H23Cl2NO6/c22-15-1-5-18(6-2-15)29-13-20(25)27-11-9-17(24)10-12-28-21(26)14-30-19-7-3-16(23)4-8-19/h1-8,17H,9-14,24H2. The van der Waals surface area contributed by atoms with Gasteiger partial charge >= 0.3 is 11.9 Å². The molecule has 0 atom stereocenters. The lowest BCUT2D eigenvalue weighted by molar-refractivity contribution is -0.146.